The molecule has 1 aliphatic heterocycles. The number of carbonyl (C=O) groups is 2. The fraction of sp³-hybridized carbons (Fsp3) is 0.320. The molecule has 0 N–H and O–H groups in total. The van der Waals surface area contributed by atoms with E-state index >= 15 is 0 Å². The van der Waals surface area contributed by atoms with Gasteiger partial charge < -0.3 is 4.74 Å². The van der Waals surface area contributed by atoms with Crippen molar-refractivity contribution in [2.75, 3.05) is 0 Å². The first-order valence-electron chi connectivity index (χ1n) is 10.8. The van der Waals surface area contributed by atoms with Crippen LogP contribution in [-0.4, -0.2) is 23.0 Å². The zero-order valence-corrected chi connectivity index (χ0v) is 18.5. The first kappa shape index (κ1) is 20.0. The second-order valence-corrected chi connectivity index (χ2v) is 9.86. The Morgan fingerprint density at radius 1 is 0.969 bits per heavy atom. The van der Waals surface area contributed by atoms with Crippen molar-refractivity contribution in [3.63, 3.8) is 0 Å². The fourth-order valence-corrected chi connectivity index (χ4v) is 6.11. The molecule has 1 saturated heterocycles. The van der Waals surface area contributed by atoms with Gasteiger partial charge in [-0.2, -0.15) is 10.1 Å². The van der Waals surface area contributed by atoms with Crippen LogP contribution in [0.15, 0.2) is 59.7 Å². The lowest BCUT2D eigenvalue weighted by Gasteiger charge is -2.37. The maximum absolute atomic E-state index is 13.1. The number of allylic oxidation sites excluding steroid dienone is 2. The number of nitrogens with zero attached hydrogens (tertiary/aromatic N) is 2. The first-order chi connectivity index (χ1) is 15.5. The Hall–Kier alpha value is -2.63. The second kappa shape index (κ2) is 7.46. The summed E-state index contributed by atoms with van der Waals surface area (Å²) in [5.41, 5.74) is 1.52. The van der Waals surface area contributed by atoms with Gasteiger partial charge in [-0.15, -0.1) is 0 Å². The molecule has 6 atom stereocenters. The number of hydrogen-bond acceptors (Lipinski definition) is 4. The van der Waals surface area contributed by atoms with Gasteiger partial charge in [0, 0.05) is 15.6 Å². The number of amides is 2. The smallest absolute Gasteiger partial charge is 0.254 e. The largest absolute Gasteiger partial charge is 0.488 e. The molecule has 2 bridgehead atoms. The van der Waals surface area contributed by atoms with Crippen molar-refractivity contribution in [3.8, 4) is 5.75 Å². The summed E-state index contributed by atoms with van der Waals surface area (Å²) in [6.07, 6.45) is 6.92. The molecular weight excluding hydrogens is 447 g/mol. The summed E-state index contributed by atoms with van der Waals surface area (Å²) in [5.74, 6) is 1.11. The van der Waals surface area contributed by atoms with Crippen molar-refractivity contribution in [2.24, 2.45) is 40.6 Å². The third-order valence-electron chi connectivity index (χ3n) is 7.21. The van der Waals surface area contributed by atoms with Crippen molar-refractivity contribution >= 4 is 41.2 Å². The van der Waals surface area contributed by atoms with Crippen LogP contribution in [0.5, 0.6) is 5.75 Å². The predicted molar refractivity (Wildman–Crippen MR) is 121 cm³/mol. The zero-order chi connectivity index (χ0) is 22.0. The van der Waals surface area contributed by atoms with E-state index in [1.807, 2.05) is 18.2 Å². The quantitative estimate of drug-likeness (QED) is 0.355. The predicted octanol–water partition coefficient (Wildman–Crippen LogP) is 4.96. The molecule has 0 radical (unpaired) electrons. The normalized spacial score (nSPS) is 31.9. The van der Waals surface area contributed by atoms with Crippen LogP contribution >= 0.6 is 23.2 Å². The minimum Gasteiger partial charge on any atom is -0.488 e. The second-order valence-electron chi connectivity index (χ2n) is 8.99. The van der Waals surface area contributed by atoms with E-state index in [0.29, 0.717) is 39.8 Å². The Labute approximate surface area is 195 Å². The van der Waals surface area contributed by atoms with Crippen molar-refractivity contribution in [2.45, 2.75) is 13.0 Å². The Bertz CT molecular complexity index is 1160. The molecule has 0 aromatic heterocycles. The van der Waals surface area contributed by atoms with Crippen LogP contribution in [0.2, 0.25) is 10.0 Å². The van der Waals surface area contributed by atoms with E-state index in [0.717, 1.165) is 17.0 Å². The van der Waals surface area contributed by atoms with Crippen LogP contribution in [-0.2, 0) is 16.2 Å². The number of rotatable bonds is 5. The molecule has 1 heterocycles. The summed E-state index contributed by atoms with van der Waals surface area (Å²) in [6.45, 7) is 0.312. The third-order valence-corrected chi connectivity index (χ3v) is 7.68. The standard InChI is InChI=1S/C25H20Cl2N2O3/c26-15-3-1-2-13(8-15)12-32-21-7-4-16(27)9-14(21)11-28-29-24(30)22-17-5-6-18(20-10-19(17)20)23(22)25(29)31/h1-9,11,17-20,22-23H,10,12H2/b28-11-/t17-,18-,19-,20-,22-,23+/m0/s1. The molecular formula is C25H20Cl2N2O3. The highest BCUT2D eigenvalue weighted by Crippen LogP contribution is 2.65. The van der Waals surface area contributed by atoms with Gasteiger partial charge in [0.15, 0.2) is 0 Å². The lowest BCUT2D eigenvalue weighted by atomic mass is 9.63. The molecule has 2 aromatic carbocycles. The maximum atomic E-state index is 13.1. The number of halogens is 2. The lowest BCUT2D eigenvalue weighted by Crippen LogP contribution is -2.40. The van der Waals surface area contributed by atoms with E-state index in [4.69, 9.17) is 27.9 Å². The molecule has 5 aliphatic rings. The van der Waals surface area contributed by atoms with Crippen molar-refractivity contribution in [1.82, 2.24) is 5.01 Å². The summed E-state index contributed by atoms with van der Waals surface area (Å²) in [5, 5.41) is 6.52. The fourth-order valence-electron chi connectivity index (χ4n) is 5.71. The molecule has 7 rings (SSSR count). The number of benzene rings is 2. The number of hydrazone groups is 1. The van der Waals surface area contributed by atoms with E-state index < -0.39 is 0 Å². The maximum Gasteiger partial charge on any atom is 0.254 e. The average Bonchev–Trinajstić information content (AvgIpc) is 3.56. The van der Waals surface area contributed by atoms with E-state index in [-0.39, 0.29) is 35.5 Å². The number of hydrogen-bond donors (Lipinski definition) is 0. The van der Waals surface area contributed by atoms with Crippen LogP contribution in [0.1, 0.15) is 17.5 Å². The summed E-state index contributed by atoms with van der Waals surface area (Å²) in [6, 6.07) is 12.6. The Balaban J connectivity index is 1.23. The van der Waals surface area contributed by atoms with Gasteiger partial charge >= 0.3 is 0 Å². The van der Waals surface area contributed by atoms with Gasteiger partial charge in [-0.3, -0.25) is 9.59 Å². The van der Waals surface area contributed by atoms with Gasteiger partial charge in [0.1, 0.15) is 12.4 Å². The van der Waals surface area contributed by atoms with Gasteiger partial charge in [0.25, 0.3) is 11.8 Å². The molecule has 2 amide bonds. The van der Waals surface area contributed by atoms with Gasteiger partial charge in [-0.1, -0.05) is 47.5 Å². The summed E-state index contributed by atoms with van der Waals surface area (Å²) < 4.78 is 5.95. The van der Waals surface area contributed by atoms with Crippen LogP contribution in [0.25, 0.3) is 0 Å². The topological polar surface area (TPSA) is 59.0 Å². The van der Waals surface area contributed by atoms with Crippen LogP contribution < -0.4 is 4.74 Å². The molecule has 0 spiro atoms. The van der Waals surface area contributed by atoms with E-state index in [1.165, 1.54) is 6.21 Å². The minimum absolute atomic E-state index is 0.175. The highest BCUT2D eigenvalue weighted by Gasteiger charge is 2.67. The molecule has 4 aliphatic carbocycles. The van der Waals surface area contributed by atoms with Gasteiger partial charge in [-0.25, -0.2) is 0 Å². The molecule has 162 valence electrons. The van der Waals surface area contributed by atoms with Gasteiger partial charge in [0.05, 0.1) is 18.1 Å². The minimum atomic E-state index is -0.267. The molecule has 2 saturated carbocycles. The number of carbonyl (C=O) groups excluding carboxylic acids is 2. The molecule has 2 aromatic rings. The molecule has 3 fully saturated rings. The Morgan fingerprint density at radius 3 is 2.34 bits per heavy atom. The summed E-state index contributed by atoms with van der Waals surface area (Å²) in [7, 11) is 0. The zero-order valence-electron chi connectivity index (χ0n) is 17.0. The first-order valence-corrected chi connectivity index (χ1v) is 11.5. The number of imide groups is 1. The highest BCUT2D eigenvalue weighted by atomic mass is 35.5. The third kappa shape index (κ3) is 3.18. The van der Waals surface area contributed by atoms with Gasteiger partial charge in [0.2, 0.25) is 0 Å². The molecule has 0 unspecified atom stereocenters. The Morgan fingerprint density at radius 2 is 1.66 bits per heavy atom. The Kier molecular flexibility index (Phi) is 4.67. The summed E-state index contributed by atoms with van der Waals surface area (Å²) in [4.78, 5) is 26.2. The van der Waals surface area contributed by atoms with E-state index in [9.17, 15) is 9.59 Å². The highest BCUT2D eigenvalue weighted by molar-refractivity contribution is 6.31. The van der Waals surface area contributed by atoms with Gasteiger partial charge in [-0.05, 0) is 66.0 Å². The van der Waals surface area contributed by atoms with Crippen LogP contribution in [0.3, 0.4) is 0 Å². The molecule has 5 nitrogen and oxygen atoms in total. The monoisotopic (exact) mass is 466 g/mol. The lowest BCUT2D eigenvalue weighted by molar-refractivity contribution is -0.140. The molecule has 7 heteroatoms. The number of ether oxygens (including phenoxy) is 1. The van der Waals surface area contributed by atoms with Crippen molar-refractivity contribution in [3.05, 3.63) is 75.8 Å². The SMILES string of the molecule is O=C1[C@@H]2[C@H]3C=C[C@@H]([C@@H]4C[C@@H]34)[C@@H]2C(=O)N1/N=C\c1cc(Cl)ccc1OCc1cccc(Cl)c1. The van der Waals surface area contributed by atoms with Crippen LogP contribution in [0.4, 0.5) is 0 Å². The summed E-state index contributed by atoms with van der Waals surface area (Å²) >= 11 is 12.2. The van der Waals surface area contributed by atoms with E-state index in [2.05, 4.69) is 17.3 Å². The van der Waals surface area contributed by atoms with Crippen molar-refractivity contribution < 1.29 is 14.3 Å². The average molecular weight is 467 g/mol. The molecule has 32 heavy (non-hydrogen) atoms. The van der Waals surface area contributed by atoms with Crippen molar-refractivity contribution in [1.29, 1.82) is 0 Å². The van der Waals surface area contributed by atoms with E-state index in [1.54, 1.807) is 24.3 Å². The van der Waals surface area contributed by atoms with Crippen LogP contribution in [0, 0.1) is 35.5 Å².